The van der Waals surface area contributed by atoms with Crippen LogP contribution in [0.5, 0.6) is 0 Å². The van der Waals surface area contributed by atoms with Crippen molar-refractivity contribution in [3.05, 3.63) is 58.7 Å². The summed E-state index contributed by atoms with van der Waals surface area (Å²) in [6.07, 6.45) is 4.21. The van der Waals surface area contributed by atoms with Crippen LogP contribution in [0.4, 0.5) is 4.39 Å². The molecule has 2 aromatic heterocycles. The molecule has 1 aromatic carbocycles. The highest BCUT2D eigenvalue weighted by atomic mass is 19.1. The summed E-state index contributed by atoms with van der Waals surface area (Å²) in [5.74, 6) is 0.153. The first-order valence-electron chi connectivity index (χ1n) is 11.2. The molecule has 5 rings (SSSR count). The summed E-state index contributed by atoms with van der Waals surface area (Å²) >= 11 is 0. The number of amides is 1. The van der Waals surface area contributed by atoms with Crippen LogP contribution in [0, 0.1) is 12.7 Å². The fourth-order valence-electron chi connectivity index (χ4n) is 4.27. The van der Waals surface area contributed by atoms with Crippen molar-refractivity contribution in [3.8, 4) is 0 Å². The molecule has 5 nitrogen and oxygen atoms in total. The van der Waals surface area contributed by atoms with E-state index in [1.165, 1.54) is 12.1 Å². The summed E-state index contributed by atoms with van der Waals surface area (Å²) in [4.78, 5) is 20.8. The van der Waals surface area contributed by atoms with E-state index in [9.17, 15) is 9.18 Å². The van der Waals surface area contributed by atoms with Crippen LogP contribution in [0.2, 0.25) is 0 Å². The Labute approximate surface area is 182 Å². The van der Waals surface area contributed by atoms with Crippen molar-refractivity contribution >= 4 is 16.9 Å². The number of carbonyl (C=O) groups is 1. The molecule has 0 radical (unpaired) electrons. The predicted molar refractivity (Wildman–Crippen MR) is 119 cm³/mol. The molecule has 2 saturated carbocycles. The van der Waals surface area contributed by atoms with Gasteiger partial charge in [0.1, 0.15) is 5.82 Å². The molecule has 0 atom stereocenters. The monoisotopic (exact) mass is 420 g/mol. The molecule has 3 aromatic rings. The maximum atomic E-state index is 13.9. The third-order valence-electron chi connectivity index (χ3n) is 6.18. The van der Waals surface area contributed by atoms with E-state index < -0.39 is 0 Å². The van der Waals surface area contributed by atoms with Crippen molar-refractivity contribution in [1.82, 2.24) is 19.7 Å². The van der Waals surface area contributed by atoms with Crippen LogP contribution in [-0.4, -0.2) is 31.6 Å². The molecule has 2 aliphatic rings. The van der Waals surface area contributed by atoms with Crippen molar-refractivity contribution in [1.29, 1.82) is 0 Å². The van der Waals surface area contributed by atoms with Crippen LogP contribution in [-0.2, 0) is 12.1 Å². The minimum absolute atomic E-state index is 0.00220. The maximum Gasteiger partial charge on any atom is 0.255 e. The number of hydrogen-bond acceptors (Lipinski definition) is 3. The molecule has 0 bridgehead atoms. The Morgan fingerprint density at radius 2 is 1.94 bits per heavy atom. The number of carbonyl (C=O) groups excluding carboxylic acids is 1. The van der Waals surface area contributed by atoms with Gasteiger partial charge in [0.15, 0.2) is 5.65 Å². The number of aryl methyl sites for hydroxylation is 1. The zero-order valence-electron chi connectivity index (χ0n) is 18.7. The van der Waals surface area contributed by atoms with E-state index in [1.807, 2.05) is 28.6 Å². The van der Waals surface area contributed by atoms with Gasteiger partial charge in [-0.25, -0.2) is 14.1 Å². The van der Waals surface area contributed by atoms with E-state index in [0.717, 1.165) is 53.7 Å². The maximum absolute atomic E-state index is 13.9. The molecular formula is C25H29FN4O. The molecule has 162 valence electrons. The van der Waals surface area contributed by atoms with Crippen molar-refractivity contribution in [2.45, 2.75) is 77.4 Å². The lowest BCUT2D eigenvalue weighted by Gasteiger charge is -2.24. The van der Waals surface area contributed by atoms with Crippen LogP contribution in [0.25, 0.3) is 11.0 Å². The van der Waals surface area contributed by atoms with Gasteiger partial charge in [0.05, 0.1) is 22.2 Å². The highest BCUT2D eigenvalue weighted by Crippen LogP contribution is 2.41. The van der Waals surface area contributed by atoms with Gasteiger partial charge in [0, 0.05) is 24.2 Å². The predicted octanol–water partition coefficient (Wildman–Crippen LogP) is 5.32. The van der Waals surface area contributed by atoms with Gasteiger partial charge in [-0.15, -0.1) is 0 Å². The lowest BCUT2D eigenvalue weighted by atomic mass is 10.0. The molecule has 2 heterocycles. The normalized spacial score (nSPS) is 16.7. The van der Waals surface area contributed by atoms with E-state index >= 15 is 0 Å². The average Bonchev–Trinajstić information content (AvgIpc) is 3.62. The topological polar surface area (TPSA) is 51.0 Å². The highest BCUT2D eigenvalue weighted by molar-refractivity contribution is 6.06. The third kappa shape index (κ3) is 3.84. The Morgan fingerprint density at radius 3 is 2.55 bits per heavy atom. The van der Waals surface area contributed by atoms with Crippen LogP contribution >= 0.6 is 0 Å². The molecular weight excluding hydrogens is 391 g/mol. The van der Waals surface area contributed by atoms with Crippen LogP contribution in [0.1, 0.15) is 79.7 Å². The summed E-state index contributed by atoms with van der Waals surface area (Å²) < 4.78 is 15.7. The molecule has 0 spiro atoms. The molecule has 31 heavy (non-hydrogen) atoms. The molecule has 0 saturated heterocycles. The van der Waals surface area contributed by atoms with E-state index in [0.29, 0.717) is 18.0 Å². The van der Waals surface area contributed by atoms with Crippen LogP contribution < -0.4 is 0 Å². The first kappa shape index (κ1) is 20.2. The van der Waals surface area contributed by atoms with Crippen molar-refractivity contribution < 1.29 is 9.18 Å². The largest absolute Gasteiger partial charge is 0.331 e. The minimum atomic E-state index is -0.273. The molecule has 6 heteroatoms. The van der Waals surface area contributed by atoms with Crippen molar-refractivity contribution in [2.24, 2.45) is 0 Å². The Bertz CT molecular complexity index is 1170. The number of nitrogens with zero attached hydrogens (tertiary/aromatic N) is 4. The number of rotatable bonds is 5. The Balaban J connectivity index is 1.62. The second kappa shape index (κ2) is 7.14. The van der Waals surface area contributed by atoms with Crippen molar-refractivity contribution in [3.63, 3.8) is 0 Å². The van der Waals surface area contributed by atoms with Gasteiger partial charge in [-0.3, -0.25) is 4.79 Å². The van der Waals surface area contributed by atoms with Gasteiger partial charge in [-0.2, -0.15) is 5.10 Å². The third-order valence-corrected chi connectivity index (χ3v) is 6.18. The molecule has 2 aliphatic carbocycles. The zero-order valence-corrected chi connectivity index (χ0v) is 18.7. The minimum Gasteiger partial charge on any atom is -0.331 e. The first-order valence-corrected chi connectivity index (χ1v) is 11.2. The smallest absolute Gasteiger partial charge is 0.255 e. The summed E-state index contributed by atoms with van der Waals surface area (Å²) in [7, 11) is 0. The van der Waals surface area contributed by atoms with Gasteiger partial charge in [0.25, 0.3) is 5.91 Å². The number of pyridine rings is 1. The van der Waals surface area contributed by atoms with Crippen LogP contribution in [0.15, 0.2) is 30.3 Å². The van der Waals surface area contributed by atoms with Gasteiger partial charge in [0.2, 0.25) is 0 Å². The first-order chi connectivity index (χ1) is 14.7. The quantitative estimate of drug-likeness (QED) is 0.562. The number of aromatic nitrogens is 3. The summed E-state index contributed by atoms with van der Waals surface area (Å²) in [6.45, 7) is 8.68. The molecule has 1 amide bonds. The van der Waals surface area contributed by atoms with Gasteiger partial charge in [-0.05, 0) is 77.1 Å². The second-order valence-corrected chi connectivity index (χ2v) is 10.0. The lowest BCUT2D eigenvalue weighted by Crippen LogP contribution is -2.33. The lowest BCUT2D eigenvalue weighted by molar-refractivity contribution is 0.0731. The molecule has 0 aliphatic heterocycles. The molecule has 0 unspecified atom stereocenters. The fourth-order valence-corrected chi connectivity index (χ4v) is 4.27. The zero-order chi connectivity index (χ0) is 21.9. The van der Waals surface area contributed by atoms with Gasteiger partial charge < -0.3 is 4.90 Å². The van der Waals surface area contributed by atoms with E-state index in [1.54, 1.807) is 6.07 Å². The number of hydrogen-bond donors (Lipinski definition) is 0. The SMILES string of the molecule is Cc1nn(C(C)(C)C)c2nc(C3CC3)cc(C(=O)N(Cc3cccc(F)c3)C3CC3)c12. The number of benzene rings is 1. The molecule has 2 fully saturated rings. The number of halogens is 1. The van der Waals surface area contributed by atoms with Crippen LogP contribution in [0.3, 0.4) is 0 Å². The summed E-state index contributed by atoms with van der Waals surface area (Å²) in [5, 5.41) is 5.62. The Kier molecular flexibility index (Phi) is 4.65. The second-order valence-electron chi connectivity index (χ2n) is 10.0. The molecule has 0 N–H and O–H groups in total. The average molecular weight is 421 g/mol. The summed E-state index contributed by atoms with van der Waals surface area (Å²) in [6, 6.07) is 8.74. The van der Waals surface area contributed by atoms with E-state index in [4.69, 9.17) is 10.1 Å². The van der Waals surface area contributed by atoms with Gasteiger partial charge >= 0.3 is 0 Å². The van der Waals surface area contributed by atoms with Gasteiger partial charge in [-0.1, -0.05) is 12.1 Å². The Morgan fingerprint density at radius 1 is 1.19 bits per heavy atom. The highest BCUT2D eigenvalue weighted by Gasteiger charge is 2.36. The Hall–Kier alpha value is -2.76. The van der Waals surface area contributed by atoms with E-state index in [2.05, 4.69) is 20.8 Å². The van der Waals surface area contributed by atoms with E-state index in [-0.39, 0.29) is 23.3 Å². The number of fused-ring (bicyclic) bond motifs is 1. The van der Waals surface area contributed by atoms with Crippen molar-refractivity contribution in [2.75, 3.05) is 0 Å². The summed E-state index contributed by atoms with van der Waals surface area (Å²) in [5.41, 5.74) is 3.87. The fraction of sp³-hybridized carbons (Fsp3) is 0.480. The standard InChI is InChI=1S/C25H29FN4O/c1-15-22-20(13-21(17-8-9-17)27-23(22)30(28-15)25(2,3)4)24(31)29(19-10-11-19)14-16-6-5-7-18(26)12-16/h5-7,12-13,17,19H,8-11,14H2,1-4H3.